The summed E-state index contributed by atoms with van der Waals surface area (Å²) in [5, 5.41) is 1.16. The largest absolute Gasteiger partial charge is 0.497 e. The van der Waals surface area contributed by atoms with Crippen LogP contribution in [0.15, 0.2) is 18.2 Å². The SMILES string of the molecule is COc1ccc2nc(CN3CC(C)C(N)C3)sc2c1.Cl. The van der Waals surface area contributed by atoms with Gasteiger partial charge in [0, 0.05) is 19.1 Å². The molecule has 1 aromatic carbocycles. The maximum Gasteiger partial charge on any atom is 0.120 e. The van der Waals surface area contributed by atoms with Crippen LogP contribution in [0.4, 0.5) is 0 Å². The number of halogens is 1. The number of likely N-dealkylation sites (tertiary alicyclic amines) is 1. The Kier molecular flexibility index (Phi) is 4.86. The molecule has 0 saturated carbocycles. The molecule has 0 bridgehead atoms. The van der Waals surface area contributed by atoms with E-state index in [1.807, 2.05) is 12.1 Å². The molecule has 20 heavy (non-hydrogen) atoms. The minimum Gasteiger partial charge on any atom is -0.497 e. The Labute approximate surface area is 129 Å². The molecule has 0 radical (unpaired) electrons. The lowest BCUT2D eigenvalue weighted by Crippen LogP contribution is -2.28. The molecule has 3 rings (SSSR count). The summed E-state index contributed by atoms with van der Waals surface area (Å²) >= 11 is 1.74. The Morgan fingerprint density at radius 3 is 2.90 bits per heavy atom. The van der Waals surface area contributed by atoms with Crippen molar-refractivity contribution in [2.75, 3.05) is 20.2 Å². The van der Waals surface area contributed by atoms with Crippen molar-refractivity contribution in [1.29, 1.82) is 0 Å². The van der Waals surface area contributed by atoms with Gasteiger partial charge in [0.05, 0.1) is 23.9 Å². The Morgan fingerprint density at radius 2 is 2.25 bits per heavy atom. The van der Waals surface area contributed by atoms with Crippen molar-refractivity contribution in [1.82, 2.24) is 9.88 Å². The topological polar surface area (TPSA) is 51.4 Å². The third kappa shape index (κ3) is 3.06. The molecule has 1 aliphatic rings. The molecule has 1 fully saturated rings. The average Bonchev–Trinajstić information content (AvgIpc) is 2.92. The molecular weight excluding hydrogens is 294 g/mol. The summed E-state index contributed by atoms with van der Waals surface area (Å²) in [6.07, 6.45) is 0. The molecule has 2 heterocycles. The van der Waals surface area contributed by atoms with Crippen molar-refractivity contribution in [3.63, 3.8) is 0 Å². The summed E-state index contributed by atoms with van der Waals surface area (Å²) in [6, 6.07) is 6.33. The van der Waals surface area contributed by atoms with Gasteiger partial charge in [-0.15, -0.1) is 23.7 Å². The van der Waals surface area contributed by atoms with Gasteiger partial charge >= 0.3 is 0 Å². The van der Waals surface area contributed by atoms with E-state index in [-0.39, 0.29) is 12.4 Å². The minimum atomic E-state index is 0. The molecule has 1 aromatic heterocycles. The highest BCUT2D eigenvalue weighted by atomic mass is 35.5. The first-order valence-electron chi connectivity index (χ1n) is 6.57. The van der Waals surface area contributed by atoms with Gasteiger partial charge in [-0.3, -0.25) is 4.90 Å². The zero-order valence-corrected chi connectivity index (χ0v) is 13.3. The van der Waals surface area contributed by atoms with Gasteiger partial charge in [0.15, 0.2) is 0 Å². The second-order valence-electron chi connectivity index (χ2n) is 5.28. The van der Waals surface area contributed by atoms with Crippen molar-refractivity contribution in [2.24, 2.45) is 11.7 Å². The fraction of sp³-hybridized carbons (Fsp3) is 0.500. The summed E-state index contributed by atoms with van der Waals surface area (Å²) < 4.78 is 6.43. The molecule has 1 saturated heterocycles. The summed E-state index contributed by atoms with van der Waals surface area (Å²) in [5.74, 6) is 1.47. The molecule has 110 valence electrons. The Morgan fingerprint density at radius 1 is 1.45 bits per heavy atom. The van der Waals surface area contributed by atoms with Gasteiger partial charge in [-0.1, -0.05) is 6.92 Å². The van der Waals surface area contributed by atoms with E-state index in [1.165, 1.54) is 4.70 Å². The monoisotopic (exact) mass is 313 g/mol. The van der Waals surface area contributed by atoms with Gasteiger partial charge in [0.25, 0.3) is 0 Å². The zero-order chi connectivity index (χ0) is 13.4. The van der Waals surface area contributed by atoms with Gasteiger partial charge in [-0.05, 0) is 24.1 Å². The van der Waals surface area contributed by atoms with Crippen LogP contribution in [-0.4, -0.2) is 36.1 Å². The standard InChI is InChI=1S/C14H19N3OS.ClH/c1-9-6-17(7-11(9)15)8-14-16-12-4-3-10(18-2)5-13(12)19-14;/h3-5,9,11H,6-8,15H2,1-2H3;1H. The molecule has 1 aliphatic heterocycles. The minimum absolute atomic E-state index is 0. The van der Waals surface area contributed by atoms with Crippen molar-refractivity contribution < 1.29 is 4.74 Å². The predicted octanol–water partition coefficient (Wildman–Crippen LogP) is 2.51. The third-order valence-electron chi connectivity index (χ3n) is 3.74. The Balaban J connectivity index is 0.00000147. The van der Waals surface area contributed by atoms with Crippen LogP contribution in [0.1, 0.15) is 11.9 Å². The molecule has 2 aromatic rings. The van der Waals surface area contributed by atoms with Gasteiger partial charge in [0.2, 0.25) is 0 Å². The average molecular weight is 314 g/mol. The van der Waals surface area contributed by atoms with Crippen molar-refractivity contribution in [2.45, 2.75) is 19.5 Å². The van der Waals surface area contributed by atoms with E-state index in [1.54, 1.807) is 18.4 Å². The fourth-order valence-corrected chi connectivity index (χ4v) is 3.60. The fourth-order valence-electron chi connectivity index (χ4n) is 2.56. The van der Waals surface area contributed by atoms with Crippen LogP contribution in [0.3, 0.4) is 0 Å². The number of aromatic nitrogens is 1. The van der Waals surface area contributed by atoms with E-state index in [0.29, 0.717) is 12.0 Å². The summed E-state index contributed by atoms with van der Waals surface area (Å²) in [6.45, 7) is 5.16. The van der Waals surface area contributed by atoms with Crippen molar-refractivity contribution in [3.8, 4) is 5.75 Å². The maximum atomic E-state index is 6.06. The van der Waals surface area contributed by atoms with Crippen LogP contribution in [-0.2, 0) is 6.54 Å². The molecule has 0 spiro atoms. The lowest BCUT2D eigenvalue weighted by molar-refractivity contribution is 0.318. The highest BCUT2D eigenvalue weighted by Crippen LogP contribution is 2.28. The number of hydrogen-bond donors (Lipinski definition) is 1. The van der Waals surface area contributed by atoms with Crippen LogP contribution in [0.25, 0.3) is 10.2 Å². The second kappa shape index (κ2) is 6.26. The number of nitrogens with zero attached hydrogens (tertiary/aromatic N) is 2. The quantitative estimate of drug-likeness (QED) is 0.946. The normalized spacial score (nSPS) is 22.9. The van der Waals surface area contributed by atoms with Gasteiger partial charge in [0.1, 0.15) is 10.8 Å². The molecule has 2 atom stereocenters. The Bertz CT molecular complexity index is 579. The molecule has 0 aliphatic carbocycles. The number of methoxy groups -OCH3 is 1. The molecule has 2 N–H and O–H groups in total. The first kappa shape index (κ1) is 15.5. The lowest BCUT2D eigenvalue weighted by atomic mass is 10.1. The molecule has 6 heteroatoms. The van der Waals surface area contributed by atoms with E-state index < -0.39 is 0 Å². The van der Waals surface area contributed by atoms with Crippen LogP contribution in [0.5, 0.6) is 5.75 Å². The molecular formula is C14H20ClN3OS. The van der Waals surface area contributed by atoms with Crippen LogP contribution in [0.2, 0.25) is 0 Å². The lowest BCUT2D eigenvalue weighted by Gasteiger charge is -2.12. The smallest absolute Gasteiger partial charge is 0.120 e. The molecule has 0 amide bonds. The highest BCUT2D eigenvalue weighted by Gasteiger charge is 2.26. The first-order valence-corrected chi connectivity index (χ1v) is 7.39. The molecule has 4 nitrogen and oxygen atoms in total. The first-order chi connectivity index (χ1) is 9.15. The second-order valence-corrected chi connectivity index (χ2v) is 6.39. The van der Waals surface area contributed by atoms with Crippen LogP contribution < -0.4 is 10.5 Å². The summed E-state index contributed by atoms with van der Waals surface area (Å²) in [7, 11) is 1.69. The zero-order valence-electron chi connectivity index (χ0n) is 11.7. The number of benzene rings is 1. The van der Waals surface area contributed by atoms with Crippen molar-refractivity contribution in [3.05, 3.63) is 23.2 Å². The van der Waals surface area contributed by atoms with E-state index in [2.05, 4.69) is 22.9 Å². The van der Waals surface area contributed by atoms with Crippen LogP contribution in [0, 0.1) is 5.92 Å². The van der Waals surface area contributed by atoms with Gasteiger partial charge in [-0.2, -0.15) is 0 Å². The number of ether oxygens (including phenoxy) is 1. The third-order valence-corrected chi connectivity index (χ3v) is 4.75. The number of rotatable bonds is 3. The predicted molar refractivity (Wildman–Crippen MR) is 85.8 cm³/mol. The van der Waals surface area contributed by atoms with Crippen LogP contribution >= 0.6 is 23.7 Å². The highest BCUT2D eigenvalue weighted by molar-refractivity contribution is 7.18. The summed E-state index contributed by atoms with van der Waals surface area (Å²) in [4.78, 5) is 7.08. The summed E-state index contributed by atoms with van der Waals surface area (Å²) in [5.41, 5.74) is 7.11. The number of thiazole rings is 1. The van der Waals surface area contributed by atoms with E-state index in [0.717, 1.165) is 35.9 Å². The van der Waals surface area contributed by atoms with Gasteiger partial charge in [-0.25, -0.2) is 4.98 Å². The van der Waals surface area contributed by atoms with Gasteiger partial charge < -0.3 is 10.5 Å². The number of hydrogen-bond acceptors (Lipinski definition) is 5. The Hall–Kier alpha value is -0.880. The number of fused-ring (bicyclic) bond motifs is 1. The van der Waals surface area contributed by atoms with E-state index in [9.17, 15) is 0 Å². The van der Waals surface area contributed by atoms with E-state index in [4.69, 9.17) is 10.5 Å². The van der Waals surface area contributed by atoms with E-state index >= 15 is 0 Å². The molecule has 2 unspecified atom stereocenters. The maximum absolute atomic E-state index is 6.06. The van der Waals surface area contributed by atoms with Crippen molar-refractivity contribution >= 4 is 34.0 Å². The number of nitrogens with two attached hydrogens (primary N) is 1.